The molecule has 0 saturated heterocycles. The van der Waals surface area contributed by atoms with Gasteiger partial charge in [-0.2, -0.15) is 0 Å². The summed E-state index contributed by atoms with van der Waals surface area (Å²) in [5.41, 5.74) is 0.711. The second kappa shape index (κ2) is 6.93. The fourth-order valence-corrected chi connectivity index (χ4v) is 6.10. The minimum Gasteiger partial charge on any atom is -0.280 e. The fourth-order valence-electron chi connectivity index (χ4n) is 2.30. The first kappa shape index (κ1) is 18.7. The van der Waals surface area contributed by atoms with Crippen LogP contribution < -0.4 is 4.72 Å². The molecule has 138 valence electrons. The first-order chi connectivity index (χ1) is 12.2. The van der Waals surface area contributed by atoms with Crippen LogP contribution in [0, 0.1) is 5.82 Å². The maximum atomic E-state index is 13.3. The van der Waals surface area contributed by atoms with Crippen molar-refractivity contribution in [3.05, 3.63) is 48.3 Å². The second-order valence-electron chi connectivity index (χ2n) is 5.54. The lowest BCUT2D eigenvalue weighted by atomic mass is 10.3. The minimum atomic E-state index is -3.96. The zero-order chi connectivity index (χ0) is 18.9. The Kier molecular flexibility index (Phi) is 5.00. The fraction of sp³-hybridized carbons (Fsp3) is 0.188. The van der Waals surface area contributed by atoms with Gasteiger partial charge in [-0.3, -0.25) is 4.72 Å². The highest BCUT2D eigenvalue weighted by Crippen LogP contribution is 2.29. The second-order valence-corrected chi connectivity index (χ2v) is 10.5. The molecule has 10 heteroatoms. The summed E-state index contributed by atoms with van der Waals surface area (Å²) in [6.07, 6.45) is 0.483. The van der Waals surface area contributed by atoms with Crippen molar-refractivity contribution in [2.45, 2.75) is 22.6 Å². The average molecular weight is 415 g/mol. The summed E-state index contributed by atoms with van der Waals surface area (Å²) in [6, 6.07) is 9.20. The summed E-state index contributed by atoms with van der Waals surface area (Å²) in [4.78, 5) is 3.91. The average Bonchev–Trinajstić information content (AvgIpc) is 2.99. The molecule has 0 bridgehead atoms. The van der Waals surface area contributed by atoms with Crippen LogP contribution >= 0.6 is 11.3 Å². The molecule has 3 rings (SSSR count). The predicted octanol–water partition coefficient (Wildman–Crippen LogP) is 3.42. The van der Waals surface area contributed by atoms with Gasteiger partial charge in [-0.25, -0.2) is 26.2 Å². The van der Waals surface area contributed by atoms with Crippen LogP contribution in [0.15, 0.2) is 51.7 Å². The maximum absolute atomic E-state index is 13.3. The van der Waals surface area contributed by atoms with Crippen LogP contribution in [0.1, 0.15) is 13.3 Å². The van der Waals surface area contributed by atoms with Crippen LogP contribution in [-0.4, -0.2) is 27.6 Å². The Morgan fingerprint density at radius 2 is 1.88 bits per heavy atom. The SMILES string of the molecule is CCCS(=O)(=O)c1nc2ccc(NS(=O)(=O)c3cccc(F)c3)cc2s1. The molecular formula is C16H15FN2O4S3. The van der Waals surface area contributed by atoms with E-state index in [0.29, 0.717) is 16.6 Å². The van der Waals surface area contributed by atoms with E-state index in [1.165, 1.54) is 24.3 Å². The molecule has 0 aliphatic heterocycles. The molecule has 0 aliphatic carbocycles. The zero-order valence-electron chi connectivity index (χ0n) is 13.6. The number of thiazole rings is 1. The van der Waals surface area contributed by atoms with Gasteiger partial charge in [0.2, 0.25) is 14.2 Å². The van der Waals surface area contributed by atoms with E-state index < -0.39 is 25.7 Å². The number of sulfonamides is 1. The molecule has 2 aromatic carbocycles. The molecule has 0 atom stereocenters. The van der Waals surface area contributed by atoms with Gasteiger partial charge in [-0.05, 0) is 42.8 Å². The number of fused-ring (bicyclic) bond motifs is 1. The van der Waals surface area contributed by atoms with Crippen LogP contribution in [0.5, 0.6) is 0 Å². The topological polar surface area (TPSA) is 93.2 Å². The van der Waals surface area contributed by atoms with Crippen LogP contribution in [-0.2, 0) is 19.9 Å². The van der Waals surface area contributed by atoms with Crippen molar-refractivity contribution in [3.63, 3.8) is 0 Å². The first-order valence-corrected chi connectivity index (χ1v) is 11.6. The lowest BCUT2D eigenvalue weighted by molar-refractivity contribution is 0.593. The number of nitrogens with one attached hydrogen (secondary N) is 1. The molecule has 0 saturated carbocycles. The largest absolute Gasteiger partial charge is 0.280 e. The highest BCUT2D eigenvalue weighted by molar-refractivity contribution is 7.93. The summed E-state index contributed by atoms with van der Waals surface area (Å²) in [6.45, 7) is 1.77. The van der Waals surface area contributed by atoms with Crippen LogP contribution in [0.25, 0.3) is 10.2 Å². The van der Waals surface area contributed by atoms with Gasteiger partial charge in [0.05, 0.1) is 26.6 Å². The number of anilines is 1. The zero-order valence-corrected chi connectivity index (χ0v) is 16.1. The normalized spacial score (nSPS) is 12.4. The van der Waals surface area contributed by atoms with E-state index in [4.69, 9.17) is 0 Å². The highest BCUT2D eigenvalue weighted by Gasteiger charge is 2.20. The monoisotopic (exact) mass is 414 g/mol. The third kappa shape index (κ3) is 3.87. The molecular weight excluding hydrogens is 399 g/mol. The van der Waals surface area contributed by atoms with Gasteiger partial charge < -0.3 is 0 Å². The van der Waals surface area contributed by atoms with Crippen molar-refractivity contribution in [1.29, 1.82) is 0 Å². The van der Waals surface area contributed by atoms with E-state index in [1.54, 1.807) is 13.0 Å². The summed E-state index contributed by atoms with van der Waals surface area (Å²) in [5.74, 6) is -0.650. The molecule has 0 spiro atoms. The summed E-state index contributed by atoms with van der Waals surface area (Å²) >= 11 is 0.989. The van der Waals surface area contributed by atoms with Crippen molar-refractivity contribution in [3.8, 4) is 0 Å². The summed E-state index contributed by atoms with van der Waals surface area (Å²) in [7, 11) is -7.40. The lowest BCUT2D eigenvalue weighted by Gasteiger charge is -2.08. The van der Waals surface area contributed by atoms with Gasteiger partial charge in [0.25, 0.3) is 10.0 Å². The molecule has 1 heterocycles. The molecule has 6 nitrogen and oxygen atoms in total. The van der Waals surface area contributed by atoms with Gasteiger partial charge in [0.1, 0.15) is 5.82 Å². The van der Waals surface area contributed by atoms with E-state index >= 15 is 0 Å². The van der Waals surface area contributed by atoms with E-state index in [-0.39, 0.29) is 20.7 Å². The Hall–Kier alpha value is -2.04. The lowest BCUT2D eigenvalue weighted by Crippen LogP contribution is -2.12. The van der Waals surface area contributed by atoms with E-state index in [1.807, 2.05) is 0 Å². The van der Waals surface area contributed by atoms with Crippen LogP contribution in [0.2, 0.25) is 0 Å². The number of hydrogen-bond donors (Lipinski definition) is 1. The number of benzene rings is 2. The first-order valence-electron chi connectivity index (χ1n) is 7.63. The van der Waals surface area contributed by atoms with Gasteiger partial charge >= 0.3 is 0 Å². The number of rotatable bonds is 6. The standard InChI is InChI=1S/C16H15FN2O4S3/c1-2-8-25(20,21)16-18-14-7-6-12(10-15(14)24-16)19-26(22,23)13-5-3-4-11(17)9-13/h3-7,9-10,19H,2,8H2,1H3. The van der Waals surface area contributed by atoms with E-state index in [0.717, 1.165) is 23.5 Å². The van der Waals surface area contributed by atoms with Crippen molar-refractivity contribution < 1.29 is 21.2 Å². The highest BCUT2D eigenvalue weighted by atomic mass is 32.2. The minimum absolute atomic E-state index is 0.00583. The van der Waals surface area contributed by atoms with Gasteiger partial charge in [-0.15, -0.1) is 11.3 Å². The van der Waals surface area contributed by atoms with Crippen LogP contribution in [0.4, 0.5) is 10.1 Å². The molecule has 0 unspecified atom stereocenters. The third-order valence-electron chi connectivity index (χ3n) is 3.47. The summed E-state index contributed by atoms with van der Waals surface area (Å²) < 4.78 is 65.2. The molecule has 3 aromatic rings. The predicted molar refractivity (Wildman–Crippen MR) is 99.2 cm³/mol. The number of aromatic nitrogens is 1. The Balaban J connectivity index is 1.94. The van der Waals surface area contributed by atoms with Crippen LogP contribution in [0.3, 0.4) is 0 Å². The van der Waals surface area contributed by atoms with Gasteiger partial charge in [0, 0.05) is 0 Å². The van der Waals surface area contributed by atoms with Crippen molar-refractivity contribution >= 4 is 47.1 Å². The Labute approximate surface area is 154 Å². The quantitative estimate of drug-likeness (QED) is 0.667. The number of nitrogens with zero attached hydrogens (tertiary/aromatic N) is 1. The van der Waals surface area contributed by atoms with Gasteiger partial charge in [0.15, 0.2) is 0 Å². The van der Waals surface area contributed by atoms with Crippen molar-refractivity contribution in [1.82, 2.24) is 4.98 Å². The molecule has 0 radical (unpaired) electrons. The third-order valence-corrected chi connectivity index (χ3v) is 8.24. The number of sulfone groups is 1. The van der Waals surface area contributed by atoms with E-state index in [9.17, 15) is 21.2 Å². The van der Waals surface area contributed by atoms with Crippen molar-refractivity contribution in [2.75, 3.05) is 10.5 Å². The molecule has 1 aromatic heterocycles. The maximum Gasteiger partial charge on any atom is 0.261 e. The number of halogens is 1. The van der Waals surface area contributed by atoms with Gasteiger partial charge in [-0.1, -0.05) is 13.0 Å². The van der Waals surface area contributed by atoms with E-state index in [2.05, 4.69) is 9.71 Å². The Bertz CT molecular complexity index is 1170. The molecule has 0 amide bonds. The summed E-state index contributed by atoms with van der Waals surface area (Å²) in [5, 5.41) is 0. The molecule has 1 N–H and O–H groups in total. The molecule has 0 fully saturated rings. The number of hydrogen-bond acceptors (Lipinski definition) is 6. The molecule has 0 aliphatic rings. The molecule has 26 heavy (non-hydrogen) atoms. The Morgan fingerprint density at radius 3 is 2.58 bits per heavy atom. The Morgan fingerprint density at radius 1 is 1.12 bits per heavy atom. The smallest absolute Gasteiger partial charge is 0.261 e. The van der Waals surface area contributed by atoms with Crippen molar-refractivity contribution in [2.24, 2.45) is 0 Å².